The smallest absolute Gasteiger partial charge is 0.170 e. The number of hydrogen-bond acceptors (Lipinski definition) is 5. The second-order valence-corrected chi connectivity index (χ2v) is 2.68. The molecule has 0 unspecified atom stereocenters. The molecule has 1 heterocycles. The van der Waals surface area contributed by atoms with Gasteiger partial charge in [-0.15, -0.1) is 0 Å². The molecule has 5 nitrogen and oxygen atoms in total. The van der Waals surface area contributed by atoms with Crippen molar-refractivity contribution in [3.8, 4) is 5.75 Å². The maximum Gasteiger partial charge on any atom is 0.170 e. The highest BCUT2D eigenvalue weighted by molar-refractivity contribution is 5.79. The van der Waals surface area contributed by atoms with E-state index in [0.717, 1.165) is 22.9 Å². The number of methoxy groups -OCH3 is 1. The number of aromatic nitrogens is 1. The summed E-state index contributed by atoms with van der Waals surface area (Å²) in [5, 5.41) is 9.06. The highest BCUT2D eigenvalue weighted by Crippen LogP contribution is 2.36. The van der Waals surface area contributed by atoms with Crippen LogP contribution in [0.25, 0.3) is 0 Å². The maximum atomic E-state index is 5.30. The minimum Gasteiger partial charge on any atom is -0.492 e. The molecule has 0 radical (unpaired) electrons. The van der Waals surface area contributed by atoms with Gasteiger partial charge < -0.3 is 20.7 Å². The number of ether oxygens (including phenoxy) is 1. The van der Waals surface area contributed by atoms with Crippen molar-refractivity contribution >= 4 is 17.2 Å². The summed E-state index contributed by atoms with van der Waals surface area (Å²) in [4.78, 5) is 4.23. The van der Waals surface area contributed by atoms with Crippen molar-refractivity contribution in [2.75, 3.05) is 44.2 Å². The Bertz CT molecular complexity index is 283. The van der Waals surface area contributed by atoms with Crippen LogP contribution in [0, 0.1) is 0 Å². The molecule has 0 bridgehead atoms. The summed E-state index contributed by atoms with van der Waals surface area (Å²) in [5.41, 5.74) is 1.71. The van der Waals surface area contributed by atoms with Gasteiger partial charge in [0.25, 0.3) is 0 Å². The van der Waals surface area contributed by atoms with Crippen molar-refractivity contribution in [1.29, 1.82) is 0 Å². The van der Waals surface area contributed by atoms with Crippen LogP contribution in [-0.2, 0) is 0 Å². The first-order chi connectivity index (χ1) is 6.78. The van der Waals surface area contributed by atoms with Gasteiger partial charge in [0.05, 0.1) is 19.0 Å². The summed E-state index contributed by atoms with van der Waals surface area (Å²) in [5.74, 6) is 1.53. The van der Waals surface area contributed by atoms with Crippen LogP contribution in [0.5, 0.6) is 5.75 Å². The van der Waals surface area contributed by atoms with Gasteiger partial charge in [-0.2, -0.15) is 0 Å². The first-order valence-electron chi connectivity index (χ1n) is 4.38. The SMILES string of the molecule is CNc1cnc(NC)c(NC)c1OC. The summed E-state index contributed by atoms with van der Waals surface area (Å²) in [6, 6.07) is 0. The van der Waals surface area contributed by atoms with Crippen LogP contribution in [0.4, 0.5) is 17.2 Å². The lowest BCUT2D eigenvalue weighted by Crippen LogP contribution is -2.04. The molecular weight excluding hydrogens is 180 g/mol. The van der Waals surface area contributed by atoms with E-state index in [4.69, 9.17) is 4.74 Å². The maximum absolute atomic E-state index is 5.30. The van der Waals surface area contributed by atoms with E-state index in [0.29, 0.717) is 0 Å². The van der Waals surface area contributed by atoms with Crippen LogP contribution >= 0.6 is 0 Å². The van der Waals surface area contributed by atoms with Gasteiger partial charge in [0.15, 0.2) is 11.6 Å². The molecule has 0 aliphatic heterocycles. The minimum atomic E-state index is 0.759. The Morgan fingerprint density at radius 1 is 1.14 bits per heavy atom. The quantitative estimate of drug-likeness (QED) is 0.676. The lowest BCUT2D eigenvalue weighted by atomic mass is 10.3. The Balaban J connectivity index is 3.28. The summed E-state index contributed by atoms with van der Waals surface area (Å²) in [6.07, 6.45) is 1.73. The molecule has 5 heteroatoms. The number of hydrogen-bond donors (Lipinski definition) is 3. The number of nitrogens with one attached hydrogen (secondary N) is 3. The van der Waals surface area contributed by atoms with E-state index in [9.17, 15) is 0 Å². The monoisotopic (exact) mass is 196 g/mol. The number of rotatable bonds is 4. The van der Waals surface area contributed by atoms with Crippen LogP contribution in [0.3, 0.4) is 0 Å². The molecule has 1 rings (SSSR count). The van der Waals surface area contributed by atoms with Gasteiger partial charge in [0, 0.05) is 21.1 Å². The normalized spacial score (nSPS) is 9.43. The van der Waals surface area contributed by atoms with Gasteiger partial charge >= 0.3 is 0 Å². The van der Waals surface area contributed by atoms with Crippen LogP contribution in [0.15, 0.2) is 6.20 Å². The molecule has 0 atom stereocenters. The molecule has 0 spiro atoms. The predicted molar refractivity (Wildman–Crippen MR) is 59.4 cm³/mol. The topological polar surface area (TPSA) is 58.2 Å². The zero-order chi connectivity index (χ0) is 10.6. The Morgan fingerprint density at radius 2 is 1.86 bits per heavy atom. The van der Waals surface area contributed by atoms with Crippen molar-refractivity contribution in [1.82, 2.24) is 4.98 Å². The number of anilines is 3. The van der Waals surface area contributed by atoms with Gasteiger partial charge in [-0.25, -0.2) is 4.98 Å². The summed E-state index contributed by atoms with van der Waals surface area (Å²) >= 11 is 0. The minimum absolute atomic E-state index is 0.759. The van der Waals surface area contributed by atoms with E-state index in [1.165, 1.54) is 0 Å². The van der Waals surface area contributed by atoms with Crippen LogP contribution in [-0.4, -0.2) is 33.2 Å². The first-order valence-corrected chi connectivity index (χ1v) is 4.38. The molecule has 0 aliphatic carbocycles. The Morgan fingerprint density at radius 3 is 2.29 bits per heavy atom. The standard InChI is InChI=1S/C9H16N4O/c1-10-6-5-13-9(12-3)7(11-2)8(6)14-4/h5,10-11H,1-4H3,(H,12,13). The van der Waals surface area contributed by atoms with E-state index in [1.807, 2.05) is 21.1 Å². The van der Waals surface area contributed by atoms with E-state index >= 15 is 0 Å². The van der Waals surface area contributed by atoms with Gasteiger partial charge in [-0.3, -0.25) is 0 Å². The van der Waals surface area contributed by atoms with Crippen molar-refractivity contribution < 1.29 is 4.74 Å². The van der Waals surface area contributed by atoms with Crippen LogP contribution in [0.1, 0.15) is 0 Å². The van der Waals surface area contributed by atoms with Crippen molar-refractivity contribution in [3.05, 3.63) is 6.20 Å². The average molecular weight is 196 g/mol. The van der Waals surface area contributed by atoms with E-state index < -0.39 is 0 Å². The van der Waals surface area contributed by atoms with Gasteiger partial charge in [0.1, 0.15) is 5.69 Å². The van der Waals surface area contributed by atoms with Crippen LogP contribution < -0.4 is 20.7 Å². The molecule has 0 saturated heterocycles. The second kappa shape index (κ2) is 4.55. The second-order valence-electron chi connectivity index (χ2n) is 2.68. The van der Waals surface area contributed by atoms with Crippen molar-refractivity contribution in [2.45, 2.75) is 0 Å². The average Bonchev–Trinajstić information content (AvgIpc) is 2.26. The Kier molecular flexibility index (Phi) is 3.39. The van der Waals surface area contributed by atoms with E-state index in [2.05, 4.69) is 20.9 Å². The predicted octanol–water partition coefficient (Wildman–Crippen LogP) is 1.22. The molecule has 0 amide bonds. The number of pyridine rings is 1. The molecular formula is C9H16N4O. The largest absolute Gasteiger partial charge is 0.492 e. The fourth-order valence-electron chi connectivity index (χ4n) is 1.31. The summed E-state index contributed by atoms with van der Waals surface area (Å²) in [7, 11) is 7.12. The molecule has 1 aromatic rings. The molecule has 3 N–H and O–H groups in total. The summed E-state index contributed by atoms with van der Waals surface area (Å²) in [6.45, 7) is 0. The fourth-order valence-corrected chi connectivity index (χ4v) is 1.31. The fraction of sp³-hybridized carbons (Fsp3) is 0.444. The zero-order valence-corrected chi connectivity index (χ0v) is 8.93. The molecule has 78 valence electrons. The zero-order valence-electron chi connectivity index (χ0n) is 8.93. The lowest BCUT2D eigenvalue weighted by Gasteiger charge is -2.15. The van der Waals surface area contributed by atoms with E-state index in [-0.39, 0.29) is 0 Å². The number of nitrogens with zero attached hydrogens (tertiary/aromatic N) is 1. The molecule has 0 fully saturated rings. The lowest BCUT2D eigenvalue weighted by molar-refractivity contribution is 0.418. The third-order valence-electron chi connectivity index (χ3n) is 1.99. The van der Waals surface area contributed by atoms with Gasteiger partial charge in [-0.05, 0) is 0 Å². The third-order valence-corrected chi connectivity index (χ3v) is 1.99. The van der Waals surface area contributed by atoms with Gasteiger partial charge in [-0.1, -0.05) is 0 Å². The highest BCUT2D eigenvalue weighted by Gasteiger charge is 2.12. The summed E-state index contributed by atoms with van der Waals surface area (Å²) < 4.78 is 5.30. The molecule has 14 heavy (non-hydrogen) atoms. The molecule has 0 aromatic carbocycles. The van der Waals surface area contributed by atoms with E-state index in [1.54, 1.807) is 13.3 Å². The first kappa shape index (κ1) is 10.4. The Hall–Kier alpha value is -1.65. The Labute approximate surface area is 83.9 Å². The molecule has 0 aliphatic rings. The highest BCUT2D eigenvalue weighted by atomic mass is 16.5. The molecule has 0 saturated carbocycles. The molecule has 1 aromatic heterocycles. The van der Waals surface area contributed by atoms with Crippen molar-refractivity contribution in [2.24, 2.45) is 0 Å². The van der Waals surface area contributed by atoms with Crippen LogP contribution in [0.2, 0.25) is 0 Å². The van der Waals surface area contributed by atoms with Gasteiger partial charge in [0.2, 0.25) is 0 Å². The third kappa shape index (κ3) is 1.66. The van der Waals surface area contributed by atoms with Crippen molar-refractivity contribution in [3.63, 3.8) is 0 Å².